The molecule has 0 radical (unpaired) electrons. The van der Waals surface area contributed by atoms with E-state index in [1.165, 1.54) is 52.4 Å². The van der Waals surface area contributed by atoms with Crippen LogP contribution in [0.3, 0.4) is 0 Å². The quantitative estimate of drug-likeness (QED) is 0.265. The van der Waals surface area contributed by atoms with Gasteiger partial charge in [0.15, 0.2) is 0 Å². The normalized spacial score (nSPS) is 21.5. The van der Waals surface area contributed by atoms with E-state index in [2.05, 4.69) is 94.0 Å². The molecule has 0 spiro atoms. The van der Waals surface area contributed by atoms with E-state index in [1.807, 2.05) is 30.0 Å². The van der Waals surface area contributed by atoms with Crippen LogP contribution in [-0.2, 0) is 11.2 Å². The Morgan fingerprint density at radius 1 is 0.800 bits per heavy atom. The van der Waals surface area contributed by atoms with Gasteiger partial charge in [-0.25, -0.2) is 0 Å². The van der Waals surface area contributed by atoms with Crippen molar-refractivity contribution in [2.24, 2.45) is 0 Å². The first-order chi connectivity index (χ1) is 19.6. The molecule has 0 saturated carbocycles. The number of nitrogens with one attached hydrogen (secondary N) is 1. The number of rotatable bonds is 6. The Balaban J connectivity index is 1.18. The minimum absolute atomic E-state index is 0.0513. The first-order valence-electron chi connectivity index (χ1n) is 14.5. The monoisotopic (exact) mass is 545 g/mol. The van der Waals surface area contributed by atoms with Crippen molar-refractivity contribution in [2.45, 2.75) is 66.9 Å². The summed E-state index contributed by atoms with van der Waals surface area (Å²) in [7, 11) is 0. The van der Waals surface area contributed by atoms with Crippen LogP contribution in [0.15, 0.2) is 107 Å². The summed E-state index contributed by atoms with van der Waals surface area (Å²) in [5.74, 6) is -0.0513. The van der Waals surface area contributed by atoms with Crippen molar-refractivity contribution in [3.63, 3.8) is 0 Å². The van der Waals surface area contributed by atoms with Crippen LogP contribution < -0.4 is 10.2 Å². The van der Waals surface area contributed by atoms with Crippen LogP contribution in [0.4, 0.5) is 17.1 Å². The lowest BCUT2D eigenvalue weighted by molar-refractivity contribution is -0.114. The van der Waals surface area contributed by atoms with Gasteiger partial charge in [-0.05, 0) is 73.6 Å². The van der Waals surface area contributed by atoms with Gasteiger partial charge in [0.2, 0.25) is 5.91 Å². The third kappa shape index (κ3) is 4.82. The number of carbonyl (C=O) groups is 1. The van der Waals surface area contributed by atoms with Gasteiger partial charge in [-0.2, -0.15) is 0 Å². The second-order valence-electron chi connectivity index (χ2n) is 11.3. The number of anilines is 3. The zero-order valence-electron chi connectivity index (χ0n) is 22.9. The van der Waals surface area contributed by atoms with E-state index < -0.39 is 0 Å². The van der Waals surface area contributed by atoms with Gasteiger partial charge in [0.25, 0.3) is 0 Å². The Kier molecular flexibility index (Phi) is 6.86. The maximum atomic E-state index is 11.9. The zero-order valence-corrected chi connectivity index (χ0v) is 23.7. The molecule has 202 valence electrons. The fraction of sp³-hybridized carbons (Fsp3) is 0.286. The van der Waals surface area contributed by atoms with Crippen molar-refractivity contribution in [1.29, 1.82) is 0 Å². The second-order valence-corrected chi connectivity index (χ2v) is 12.4. The molecule has 1 N–H and O–H groups in total. The first-order valence-corrected chi connectivity index (χ1v) is 15.3. The van der Waals surface area contributed by atoms with E-state index in [0.29, 0.717) is 18.1 Å². The predicted molar refractivity (Wildman–Crippen MR) is 166 cm³/mol. The summed E-state index contributed by atoms with van der Waals surface area (Å²) < 4.78 is 0. The number of hydrogen-bond acceptors (Lipinski definition) is 4. The number of hydrogen-bond donors (Lipinski definition) is 1. The SMILES string of the molecule is CC(=O)Nc1ccccc1-c1ccc2c(c1)Sc1ccccc1N2C1CC2CCC(C1)N2CCc1ccccc1. The summed E-state index contributed by atoms with van der Waals surface area (Å²) in [5.41, 5.74) is 7.13. The van der Waals surface area contributed by atoms with Gasteiger partial charge < -0.3 is 10.2 Å². The minimum Gasteiger partial charge on any atom is -0.336 e. The smallest absolute Gasteiger partial charge is 0.221 e. The van der Waals surface area contributed by atoms with Crippen molar-refractivity contribution in [2.75, 3.05) is 16.8 Å². The van der Waals surface area contributed by atoms with Crippen molar-refractivity contribution < 1.29 is 4.79 Å². The van der Waals surface area contributed by atoms with Crippen LogP contribution in [0.25, 0.3) is 11.1 Å². The molecule has 7 rings (SSSR count). The third-order valence-corrected chi connectivity index (χ3v) is 9.95. The minimum atomic E-state index is -0.0513. The van der Waals surface area contributed by atoms with E-state index in [1.54, 1.807) is 6.92 Å². The highest BCUT2D eigenvalue weighted by Crippen LogP contribution is 2.52. The predicted octanol–water partition coefficient (Wildman–Crippen LogP) is 8.15. The summed E-state index contributed by atoms with van der Waals surface area (Å²) in [6.07, 6.45) is 6.17. The molecule has 2 unspecified atom stereocenters. The lowest BCUT2D eigenvalue weighted by Gasteiger charge is -2.46. The van der Waals surface area contributed by atoms with Crippen LogP contribution in [0.2, 0.25) is 0 Å². The van der Waals surface area contributed by atoms with E-state index in [0.717, 1.165) is 29.8 Å². The molecule has 5 heteroatoms. The fourth-order valence-electron chi connectivity index (χ4n) is 7.10. The molecule has 4 aromatic rings. The third-order valence-electron chi connectivity index (χ3n) is 8.84. The van der Waals surface area contributed by atoms with Crippen molar-refractivity contribution >= 4 is 34.7 Å². The molecule has 2 fully saturated rings. The molecular weight excluding hydrogens is 510 g/mol. The molecule has 4 nitrogen and oxygen atoms in total. The summed E-state index contributed by atoms with van der Waals surface area (Å²) in [6.45, 7) is 2.72. The van der Waals surface area contributed by atoms with Gasteiger partial charge in [-0.15, -0.1) is 0 Å². The number of amides is 1. The summed E-state index contributed by atoms with van der Waals surface area (Å²) in [5, 5.41) is 3.01. The highest BCUT2D eigenvalue weighted by molar-refractivity contribution is 7.99. The number of piperidine rings is 1. The van der Waals surface area contributed by atoms with Gasteiger partial charge in [-0.1, -0.05) is 78.5 Å². The van der Waals surface area contributed by atoms with Gasteiger partial charge in [0.05, 0.1) is 11.4 Å². The van der Waals surface area contributed by atoms with E-state index in [-0.39, 0.29) is 5.91 Å². The second kappa shape index (κ2) is 10.8. The molecule has 4 aromatic carbocycles. The lowest BCUT2D eigenvalue weighted by Crippen LogP contribution is -2.50. The first kappa shape index (κ1) is 25.4. The average molecular weight is 546 g/mol. The molecule has 0 aliphatic carbocycles. The highest BCUT2D eigenvalue weighted by Gasteiger charge is 2.43. The number of para-hydroxylation sites is 2. The van der Waals surface area contributed by atoms with E-state index >= 15 is 0 Å². The number of nitrogens with zero attached hydrogens (tertiary/aromatic N) is 2. The molecule has 2 saturated heterocycles. The van der Waals surface area contributed by atoms with Crippen molar-refractivity contribution in [1.82, 2.24) is 4.90 Å². The fourth-order valence-corrected chi connectivity index (χ4v) is 8.22. The van der Waals surface area contributed by atoms with Gasteiger partial charge in [0, 0.05) is 52.6 Å². The molecule has 40 heavy (non-hydrogen) atoms. The van der Waals surface area contributed by atoms with E-state index in [9.17, 15) is 4.79 Å². The molecule has 3 aliphatic rings. The van der Waals surface area contributed by atoms with Gasteiger partial charge >= 0.3 is 0 Å². The average Bonchev–Trinajstić information content (AvgIpc) is 3.21. The summed E-state index contributed by atoms with van der Waals surface area (Å²) in [4.78, 5) is 19.9. The molecule has 1 amide bonds. The van der Waals surface area contributed by atoms with Crippen LogP contribution >= 0.6 is 11.8 Å². The number of carbonyl (C=O) groups excluding carboxylic acids is 1. The Morgan fingerprint density at radius 3 is 2.30 bits per heavy atom. The topological polar surface area (TPSA) is 35.6 Å². The van der Waals surface area contributed by atoms with E-state index in [4.69, 9.17) is 0 Å². The molecule has 2 bridgehead atoms. The van der Waals surface area contributed by atoms with Crippen LogP contribution in [0.5, 0.6) is 0 Å². The Labute approximate surface area is 241 Å². The maximum Gasteiger partial charge on any atom is 0.221 e. The summed E-state index contributed by atoms with van der Waals surface area (Å²) >= 11 is 1.86. The van der Waals surface area contributed by atoms with Gasteiger partial charge in [-0.3, -0.25) is 9.69 Å². The van der Waals surface area contributed by atoms with Crippen molar-refractivity contribution in [3.8, 4) is 11.1 Å². The largest absolute Gasteiger partial charge is 0.336 e. The van der Waals surface area contributed by atoms with Crippen LogP contribution in [-0.4, -0.2) is 35.5 Å². The summed E-state index contributed by atoms with van der Waals surface area (Å²) in [6, 6.07) is 36.6. The van der Waals surface area contributed by atoms with Crippen LogP contribution in [0, 0.1) is 0 Å². The number of benzene rings is 4. The van der Waals surface area contributed by atoms with Crippen molar-refractivity contribution in [3.05, 3.63) is 103 Å². The molecule has 2 atom stereocenters. The molecular formula is C35H35N3OS. The Hall–Kier alpha value is -3.54. The zero-order chi connectivity index (χ0) is 27.1. The molecule has 0 aromatic heterocycles. The van der Waals surface area contributed by atoms with Gasteiger partial charge in [0.1, 0.15) is 0 Å². The number of fused-ring (bicyclic) bond motifs is 4. The highest BCUT2D eigenvalue weighted by atomic mass is 32.2. The molecule has 3 heterocycles. The lowest BCUT2D eigenvalue weighted by atomic mass is 9.93. The Morgan fingerprint density at radius 2 is 1.50 bits per heavy atom. The standard InChI is InChI=1S/C35H35N3OS/c1-24(39)36-31-12-6-5-11-30(31)26-15-18-33-35(21-26)40-34-14-8-7-13-32(34)38(33)29-22-27-16-17-28(23-29)37(27)20-19-25-9-3-2-4-10-25/h2-15,18,21,27-29H,16-17,19-20,22-23H2,1H3,(H,36,39). The molecule has 3 aliphatic heterocycles. The van der Waals surface area contributed by atoms with Crippen LogP contribution in [0.1, 0.15) is 38.2 Å². The maximum absolute atomic E-state index is 11.9. The Bertz CT molecular complexity index is 1520.